The summed E-state index contributed by atoms with van der Waals surface area (Å²) in [5, 5.41) is 13.0. The highest BCUT2D eigenvalue weighted by molar-refractivity contribution is 5.93. The van der Waals surface area contributed by atoms with Crippen LogP contribution in [0.15, 0.2) is 24.3 Å². The van der Waals surface area contributed by atoms with Crippen molar-refractivity contribution >= 4 is 22.9 Å². The molecule has 2 aromatic rings. The summed E-state index contributed by atoms with van der Waals surface area (Å²) in [7, 11) is 0. The van der Waals surface area contributed by atoms with Crippen molar-refractivity contribution in [3.8, 4) is 0 Å². The van der Waals surface area contributed by atoms with Crippen molar-refractivity contribution in [3.63, 3.8) is 0 Å². The molecule has 0 aliphatic heterocycles. The van der Waals surface area contributed by atoms with Gasteiger partial charge >= 0.3 is 0 Å². The standard InChI is InChI=1S/C18H23N3O2/c22-16-11-5-8-13(16)17(23)20-18-19-14-9-3-4-10-15(14)21(18)12-6-1-2-7-12/h3-4,9-10,12-13,16,22H,1-2,5-8,11H2,(H,19,20,23). The van der Waals surface area contributed by atoms with E-state index in [1.54, 1.807) is 0 Å². The molecule has 5 heteroatoms. The first-order valence-corrected chi connectivity index (χ1v) is 8.70. The molecule has 23 heavy (non-hydrogen) atoms. The smallest absolute Gasteiger partial charge is 0.232 e. The second kappa shape index (κ2) is 5.96. The van der Waals surface area contributed by atoms with E-state index in [4.69, 9.17) is 0 Å². The van der Waals surface area contributed by atoms with E-state index in [0.717, 1.165) is 43.1 Å². The van der Waals surface area contributed by atoms with Crippen molar-refractivity contribution < 1.29 is 9.90 Å². The minimum Gasteiger partial charge on any atom is -0.392 e. The van der Waals surface area contributed by atoms with Crippen molar-refractivity contribution in [1.82, 2.24) is 9.55 Å². The number of imidazole rings is 1. The molecule has 2 atom stereocenters. The summed E-state index contributed by atoms with van der Waals surface area (Å²) < 4.78 is 2.20. The zero-order chi connectivity index (χ0) is 15.8. The van der Waals surface area contributed by atoms with Gasteiger partial charge < -0.3 is 9.67 Å². The summed E-state index contributed by atoms with van der Waals surface area (Å²) in [6, 6.07) is 8.45. The molecule has 2 saturated carbocycles. The van der Waals surface area contributed by atoms with Crippen molar-refractivity contribution in [2.75, 3.05) is 5.32 Å². The number of hydrogen-bond donors (Lipinski definition) is 2. The fourth-order valence-corrected chi connectivity index (χ4v) is 4.11. The summed E-state index contributed by atoms with van der Waals surface area (Å²) in [6.45, 7) is 0. The van der Waals surface area contributed by atoms with Gasteiger partial charge in [-0.15, -0.1) is 0 Å². The molecule has 2 N–H and O–H groups in total. The van der Waals surface area contributed by atoms with Gasteiger partial charge in [0.1, 0.15) is 0 Å². The van der Waals surface area contributed by atoms with Crippen LogP contribution >= 0.6 is 0 Å². The lowest BCUT2D eigenvalue weighted by atomic mass is 10.1. The van der Waals surface area contributed by atoms with Gasteiger partial charge in [0.2, 0.25) is 11.9 Å². The van der Waals surface area contributed by atoms with Crippen LogP contribution in [0.1, 0.15) is 51.0 Å². The maximum atomic E-state index is 12.5. The SMILES string of the molecule is O=C(Nc1nc2ccccc2n1C1CCCC1)C1CCCC1O. The molecule has 2 unspecified atom stereocenters. The number of para-hydroxylation sites is 2. The molecule has 1 heterocycles. The molecular weight excluding hydrogens is 290 g/mol. The molecule has 122 valence electrons. The van der Waals surface area contributed by atoms with Crippen LogP contribution < -0.4 is 5.32 Å². The van der Waals surface area contributed by atoms with E-state index < -0.39 is 6.10 Å². The third kappa shape index (κ3) is 2.63. The molecule has 1 aromatic heterocycles. The Morgan fingerprint density at radius 1 is 1.13 bits per heavy atom. The van der Waals surface area contributed by atoms with Crippen molar-refractivity contribution in [1.29, 1.82) is 0 Å². The number of nitrogens with one attached hydrogen (secondary N) is 1. The lowest BCUT2D eigenvalue weighted by Crippen LogP contribution is -2.30. The van der Waals surface area contributed by atoms with Crippen molar-refractivity contribution in [2.24, 2.45) is 5.92 Å². The van der Waals surface area contributed by atoms with E-state index in [-0.39, 0.29) is 11.8 Å². The molecule has 2 fully saturated rings. The van der Waals surface area contributed by atoms with Crippen LogP contribution in [-0.4, -0.2) is 26.7 Å². The van der Waals surface area contributed by atoms with Crippen LogP contribution in [0, 0.1) is 5.92 Å². The van der Waals surface area contributed by atoms with E-state index >= 15 is 0 Å². The normalized spacial score (nSPS) is 25.3. The Morgan fingerprint density at radius 3 is 2.65 bits per heavy atom. The number of aromatic nitrogens is 2. The number of rotatable bonds is 3. The minimum atomic E-state index is -0.515. The van der Waals surface area contributed by atoms with Crippen molar-refractivity contribution in [2.45, 2.75) is 57.1 Å². The molecular formula is C18H23N3O2. The number of anilines is 1. The molecule has 2 aliphatic rings. The first-order valence-electron chi connectivity index (χ1n) is 8.70. The van der Waals surface area contributed by atoms with Gasteiger partial charge in [-0.3, -0.25) is 10.1 Å². The number of amides is 1. The summed E-state index contributed by atoms with van der Waals surface area (Å²) in [4.78, 5) is 17.2. The maximum absolute atomic E-state index is 12.5. The molecule has 0 bridgehead atoms. The second-order valence-corrected chi connectivity index (χ2v) is 6.83. The quantitative estimate of drug-likeness (QED) is 0.914. The van der Waals surface area contributed by atoms with Gasteiger partial charge in [-0.05, 0) is 44.2 Å². The van der Waals surface area contributed by atoms with Gasteiger partial charge in [0.15, 0.2) is 0 Å². The predicted octanol–water partition coefficient (Wildman–Crippen LogP) is 3.25. The number of benzene rings is 1. The van der Waals surface area contributed by atoms with E-state index in [2.05, 4.69) is 20.9 Å². The zero-order valence-electron chi connectivity index (χ0n) is 13.2. The van der Waals surface area contributed by atoms with E-state index in [1.165, 1.54) is 12.8 Å². The molecule has 2 aliphatic carbocycles. The zero-order valence-corrected chi connectivity index (χ0v) is 13.2. The van der Waals surface area contributed by atoms with Crippen LogP contribution in [0.5, 0.6) is 0 Å². The van der Waals surface area contributed by atoms with Crippen LogP contribution in [0.25, 0.3) is 11.0 Å². The van der Waals surface area contributed by atoms with E-state index in [0.29, 0.717) is 12.0 Å². The molecule has 1 amide bonds. The summed E-state index contributed by atoms with van der Waals surface area (Å²) in [5.74, 6) is 0.249. The largest absolute Gasteiger partial charge is 0.392 e. The number of hydrogen-bond acceptors (Lipinski definition) is 3. The topological polar surface area (TPSA) is 67.2 Å². The first-order chi connectivity index (χ1) is 11.2. The predicted molar refractivity (Wildman–Crippen MR) is 89.2 cm³/mol. The van der Waals surface area contributed by atoms with Gasteiger partial charge in [-0.2, -0.15) is 0 Å². The highest BCUT2D eigenvalue weighted by atomic mass is 16.3. The fourth-order valence-electron chi connectivity index (χ4n) is 4.11. The highest BCUT2D eigenvalue weighted by Gasteiger charge is 2.33. The third-order valence-corrected chi connectivity index (χ3v) is 5.34. The molecule has 0 spiro atoms. The van der Waals surface area contributed by atoms with E-state index in [1.807, 2.05) is 18.2 Å². The molecule has 1 aromatic carbocycles. The summed E-state index contributed by atoms with van der Waals surface area (Å²) in [5.41, 5.74) is 2.00. The molecule has 0 saturated heterocycles. The number of carbonyl (C=O) groups excluding carboxylic acids is 1. The fraction of sp³-hybridized carbons (Fsp3) is 0.556. The molecule has 0 radical (unpaired) electrons. The molecule has 5 nitrogen and oxygen atoms in total. The average Bonchev–Trinajstić information content (AvgIpc) is 3.25. The number of aliphatic hydroxyl groups excluding tert-OH is 1. The monoisotopic (exact) mass is 313 g/mol. The van der Waals surface area contributed by atoms with Gasteiger partial charge in [0, 0.05) is 6.04 Å². The van der Waals surface area contributed by atoms with Crippen LogP contribution in [0.2, 0.25) is 0 Å². The number of carbonyl (C=O) groups is 1. The Hall–Kier alpha value is -1.88. The van der Waals surface area contributed by atoms with Crippen LogP contribution in [0.4, 0.5) is 5.95 Å². The Labute approximate surface area is 135 Å². The minimum absolute atomic E-state index is 0.0930. The number of aliphatic hydroxyl groups is 1. The summed E-state index contributed by atoms with van der Waals surface area (Å²) >= 11 is 0. The Morgan fingerprint density at radius 2 is 1.91 bits per heavy atom. The van der Waals surface area contributed by atoms with Crippen LogP contribution in [-0.2, 0) is 4.79 Å². The highest BCUT2D eigenvalue weighted by Crippen LogP contribution is 2.36. The third-order valence-electron chi connectivity index (χ3n) is 5.34. The Balaban J connectivity index is 1.68. The van der Waals surface area contributed by atoms with Crippen LogP contribution in [0.3, 0.4) is 0 Å². The molecule has 4 rings (SSSR count). The Bertz CT molecular complexity index is 718. The van der Waals surface area contributed by atoms with Gasteiger partial charge in [0.05, 0.1) is 23.1 Å². The Kier molecular flexibility index (Phi) is 3.81. The maximum Gasteiger partial charge on any atom is 0.232 e. The second-order valence-electron chi connectivity index (χ2n) is 6.83. The van der Waals surface area contributed by atoms with Gasteiger partial charge in [-0.1, -0.05) is 25.0 Å². The number of nitrogens with zero attached hydrogens (tertiary/aromatic N) is 2. The summed E-state index contributed by atoms with van der Waals surface area (Å²) in [6.07, 6.45) is 6.60. The average molecular weight is 313 g/mol. The van der Waals surface area contributed by atoms with Crippen molar-refractivity contribution in [3.05, 3.63) is 24.3 Å². The number of fused-ring (bicyclic) bond motifs is 1. The lowest BCUT2D eigenvalue weighted by molar-refractivity contribution is -0.122. The lowest BCUT2D eigenvalue weighted by Gasteiger charge is -2.18. The van der Waals surface area contributed by atoms with Gasteiger partial charge in [0.25, 0.3) is 0 Å². The van der Waals surface area contributed by atoms with E-state index in [9.17, 15) is 9.90 Å². The first kappa shape index (κ1) is 14.7. The van der Waals surface area contributed by atoms with Gasteiger partial charge in [-0.25, -0.2) is 4.98 Å².